The molecule has 1 aromatic carbocycles. The molecule has 3 rings (SSSR count). The molecule has 9 heteroatoms. The Morgan fingerprint density at radius 2 is 1.78 bits per heavy atom. The average molecular weight is 310 g/mol. The Kier molecular flexibility index (Phi) is 3.75. The standard InChI is InChI=1S/C14H10N6O3/c15-11(21)13-19-18-8-20(13)23-14(22)10-6-16-12(17-7-10)9-4-2-1-3-5-9/h1-8H,(H2,15,21). The lowest BCUT2D eigenvalue weighted by Gasteiger charge is -2.05. The second kappa shape index (κ2) is 6.02. The fourth-order valence-electron chi connectivity index (χ4n) is 1.76. The average Bonchev–Trinajstić information content (AvgIpc) is 3.04. The van der Waals surface area contributed by atoms with Crippen LogP contribution in [0.5, 0.6) is 0 Å². The van der Waals surface area contributed by atoms with E-state index in [-0.39, 0.29) is 11.4 Å². The third kappa shape index (κ3) is 3.02. The van der Waals surface area contributed by atoms with Gasteiger partial charge in [0.25, 0.3) is 11.7 Å². The molecule has 114 valence electrons. The largest absolute Gasteiger partial charge is 0.366 e. The van der Waals surface area contributed by atoms with Gasteiger partial charge in [-0.15, -0.1) is 14.9 Å². The van der Waals surface area contributed by atoms with E-state index in [0.29, 0.717) is 5.82 Å². The molecule has 0 unspecified atom stereocenters. The number of hydrogen-bond acceptors (Lipinski definition) is 7. The third-order valence-electron chi connectivity index (χ3n) is 2.84. The minimum atomic E-state index is -0.869. The van der Waals surface area contributed by atoms with Crippen molar-refractivity contribution >= 4 is 11.9 Å². The Bertz CT molecular complexity index is 844. The number of hydrogen-bond donors (Lipinski definition) is 1. The van der Waals surface area contributed by atoms with Gasteiger partial charge in [-0.2, -0.15) is 0 Å². The number of carbonyl (C=O) groups excluding carboxylic acids is 2. The topological polar surface area (TPSA) is 126 Å². The molecule has 0 bridgehead atoms. The summed E-state index contributed by atoms with van der Waals surface area (Å²) in [6, 6.07) is 9.30. The normalized spacial score (nSPS) is 10.3. The molecular weight excluding hydrogens is 300 g/mol. The Morgan fingerprint density at radius 1 is 1.09 bits per heavy atom. The number of nitrogens with zero attached hydrogens (tertiary/aromatic N) is 5. The summed E-state index contributed by atoms with van der Waals surface area (Å²) in [7, 11) is 0. The summed E-state index contributed by atoms with van der Waals surface area (Å²) in [6.07, 6.45) is 3.70. The van der Waals surface area contributed by atoms with Gasteiger partial charge >= 0.3 is 5.97 Å². The predicted octanol–water partition coefficient (Wildman–Crippen LogP) is 0.103. The van der Waals surface area contributed by atoms with Crippen molar-refractivity contribution in [1.82, 2.24) is 24.9 Å². The molecule has 3 aromatic rings. The van der Waals surface area contributed by atoms with E-state index in [9.17, 15) is 9.59 Å². The fraction of sp³-hybridized carbons (Fsp3) is 0. The van der Waals surface area contributed by atoms with Gasteiger partial charge in [-0.3, -0.25) is 4.79 Å². The molecule has 0 aliphatic heterocycles. The minimum Gasteiger partial charge on any atom is -0.363 e. The van der Waals surface area contributed by atoms with Crippen molar-refractivity contribution < 1.29 is 14.4 Å². The van der Waals surface area contributed by atoms with Crippen LogP contribution >= 0.6 is 0 Å². The highest BCUT2D eigenvalue weighted by Crippen LogP contribution is 2.13. The van der Waals surface area contributed by atoms with Gasteiger partial charge in [0, 0.05) is 18.0 Å². The molecule has 2 N–H and O–H groups in total. The van der Waals surface area contributed by atoms with Gasteiger partial charge in [0.15, 0.2) is 12.2 Å². The third-order valence-corrected chi connectivity index (χ3v) is 2.84. The first-order chi connectivity index (χ1) is 11.1. The zero-order valence-corrected chi connectivity index (χ0v) is 11.7. The lowest BCUT2D eigenvalue weighted by Crippen LogP contribution is -2.26. The van der Waals surface area contributed by atoms with Crippen molar-refractivity contribution in [2.45, 2.75) is 0 Å². The van der Waals surface area contributed by atoms with Gasteiger partial charge in [-0.05, 0) is 0 Å². The van der Waals surface area contributed by atoms with Crippen LogP contribution in [-0.2, 0) is 0 Å². The van der Waals surface area contributed by atoms with E-state index in [1.807, 2.05) is 30.3 Å². The van der Waals surface area contributed by atoms with Gasteiger partial charge < -0.3 is 10.6 Å². The fourth-order valence-corrected chi connectivity index (χ4v) is 1.76. The molecule has 1 amide bonds. The van der Waals surface area contributed by atoms with E-state index < -0.39 is 11.9 Å². The van der Waals surface area contributed by atoms with E-state index >= 15 is 0 Å². The van der Waals surface area contributed by atoms with Gasteiger partial charge in [0.05, 0.1) is 5.56 Å². The highest BCUT2D eigenvalue weighted by Gasteiger charge is 2.16. The van der Waals surface area contributed by atoms with E-state index in [1.165, 1.54) is 12.4 Å². The molecule has 9 nitrogen and oxygen atoms in total. The van der Waals surface area contributed by atoms with Crippen molar-refractivity contribution in [2.24, 2.45) is 5.73 Å². The van der Waals surface area contributed by atoms with Gasteiger partial charge in [-0.1, -0.05) is 30.3 Å². The van der Waals surface area contributed by atoms with E-state index in [1.54, 1.807) is 0 Å². The SMILES string of the molecule is NC(=O)c1nncn1OC(=O)c1cnc(-c2ccccc2)nc1. The van der Waals surface area contributed by atoms with E-state index in [2.05, 4.69) is 20.2 Å². The molecule has 2 aromatic heterocycles. The molecule has 0 aliphatic rings. The highest BCUT2D eigenvalue weighted by atomic mass is 16.7. The Hall–Kier alpha value is -3.62. The summed E-state index contributed by atoms with van der Waals surface area (Å²) in [5.74, 6) is -1.46. The molecule has 2 heterocycles. The van der Waals surface area contributed by atoms with Crippen LogP contribution in [0.15, 0.2) is 49.1 Å². The van der Waals surface area contributed by atoms with Gasteiger partial charge in [-0.25, -0.2) is 14.8 Å². The second-order valence-electron chi connectivity index (χ2n) is 4.38. The van der Waals surface area contributed by atoms with Crippen LogP contribution in [0, 0.1) is 0 Å². The number of rotatable bonds is 4. The summed E-state index contributed by atoms with van der Waals surface area (Å²) in [5.41, 5.74) is 6.01. The maximum absolute atomic E-state index is 12.0. The molecule has 0 fully saturated rings. The quantitative estimate of drug-likeness (QED) is 0.724. The maximum atomic E-state index is 12.0. The summed E-state index contributed by atoms with van der Waals surface area (Å²) in [4.78, 5) is 36.3. The first-order valence-electron chi connectivity index (χ1n) is 6.45. The van der Waals surface area contributed by atoms with Crippen LogP contribution < -0.4 is 10.6 Å². The summed E-state index contributed by atoms with van der Waals surface area (Å²) < 4.78 is 0.787. The number of carbonyl (C=O) groups is 2. The van der Waals surface area contributed by atoms with Crippen molar-refractivity contribution in [3.63, 3.8) is 0 Å². The molecule has 0 spiro atoms. The highest BCUT2D eigenvalue weighted by molar-refractivity contribution is 5.91. The summed E-state index contributed by atoms with van der Waals surface area (Å²) >= 11 is 0. The monoisotopic (exact) mass is 310 g/mol. The molecule has 0 radical (unpaired) electrons. The zero-order valence-electron chi connectivity index (χ0n) is 11.7. The van der Waals surface area contributed by atoms with Crippen LogP contribution in [0.25, 0.3) is 11.4 Å². The number of benzene rings is 1. The van der Waals surface area contributed by atoms with Crippen LogP contribution in [0.4, 0.5) is 0 Å². The first-order valence-corrected chi connectivity index (χ1v) is 6.45. The van der Waals surface area contributed by atoms with Crippen LogP contribution in [0.1, 0.15) is 21.0 Å². The van der Waals surface area contributed by atoms with Crippen LogP contribution in [0.2, 0.25) is 0 Å². The molecular formula is C14H10N6O3. The molecule has 0 aliphatic carbocycles. The van der Waals surface area contributed by atoms with Crippen molar-refractivity contribution in [3.05, 3.63) is 60.4 Å². The second-order valence-corrected chi connectivity index (χ2v) is 4.38. The number of aromatic nitrogens is 5. The van der Waals surface area contributed by atoms with E-state index in [0.717, 1.165) is 16.6 Å². The predicted molar refractivity (Wildman–Crippen MR) is 76.9 cm³/mol. The summed E-state index contributed by atoms with van der Waals surface area (Å²) in [5, 5.41) is 6.89. The van der Waals surface area contributed by atoms with Crippen LogP contribution in [0.3, 0.4) is 0 Å². The van der Waals surface area contributed by atoms with Crippen molar-refractivity contribution in [3.8, 4) is 11.4 Å². The Balaban J connectivity index is 1.78. The lowest BCUT2D eigenvalue weighted by molar-refractivity contribution is 0.0442. The van der Waals surface area contributed by atoms with Gasteiger partial charge in [0.1, 0.15) is 0 Å². The number of nitrogens with two attached hydrogens (primary N) is 1. The number of amides is 1. The van der Waals surface area contributed by atoms with E-state index in [4.69, 9.17) is 10.6 Å². The van der Waals surface area contributed by atoms with Crippen molar-refractivity contribution in [2.75, 3.05) is 0 Å². The first kappa shape index (κ1) is 14.3. The van der Waals surface area contributed by atoms with Crippen LogP contribution in [-0.4, -0.2) is 36.8 Å². The molecule has 0 saturated heterocycles. The Labute approximate surface area is 129 Å². The van der Waals surface area contributed by atoms with Crippen molar-refractivity contribution in [1.29, 1.82) is 0 Å². The molecule has 0 atom stereocenters. The molecule has 0 saturated carbocycles. The Morgan fingerprint density at radius 3 is 2.43 bits per heavy atom. The maximum Gasteiger partial charge on any atom is 0.366 e. The number of primary amides is 1. The minimum absolute atomic E-state index is 0.105. The lowest BCUT2D eigenvalue weighted by atomic mass is 10.2. The zero-order chi connectivity index (χ0) is 16.2. The summed E-state index contributed by atoms with van der Waals surface area (Å²) in [6.45, 7) is 0. The van der Waals surface area contributed by atoms with Gasteiger partial charge in [0.2, 0.25) is 0 Å². The molecule has 23 heavy (non-hydrogen) atoms. The smallest absolute Gasteiger partial charge is 0.363 e.